The van der Waals surface area contributed by atoms with E-state index in [4.69, 9.17) is 0 Å². The molecule has 1 aliphatic heterocycles. The third kappa shape index (κ3) is 3.93. The van der Waals surface area contributed by atoms with Crippen molar-refractivity contribution in [3.63, 3.8) is 0 Å². The summed E-state index contributed by atoms with van der Waals surface area (Å²) in [5.41, 5.74) is -1.53. The van der Waals surface area contributed by atoms with Crippen LogP contribution in [0.2, 0.25) is 0 Å². The highest BCUT2D eigenvalue weighted by atomic mass is 19.4. The predicted octanol–water partition coefficient (Wildman–Crippen LogP) is 3.82. The summed E-state index contributed by atoms with van der Waals surface area (Å²) in [4.78, 5) is 16.8. The fourth-order valence-corrected chi connectivity index (χ4v) is 2.67. The van der Waals surface area contributed by atoms with Crippen molar-refractivity contribution in [2.75, 3.05) is 25.1 Å². The van der Waals surface area contributed by atoms with Crippen molar-refractivity contribution in [2.24, 2.45) is 0 Å². The number of hydrogen-bond donors (Lipinski definition) is 0. The quantitative estimate of drug-likeness (QED) is 0.599. The van der Waals surface area contributed by atoms with Crippen LogP contribution in [0.4, 0.5) is 27.8 Å². The molecule has 1 saturated heterocycles. The van der Waals surface area contributed by atoms with Gasteiger partial charge in [-0.1, -0.05) is 0 Å². The van der Waals surface area contributed by atoms with Gasteiger partial charge in [0.15, 0.2) is 0 Å². The first-order valence-corrected chi connectivity index (χ1v) is 7.35. The van der Waals surface area contributed by atoms with Crippen molar-refractivity contribution in [3.05, 3.63) is 22.9 Å². The molecule has 134 valence electrons. The highest BCUT2D eigenvalue weighted by molar-refractivity contribution is 5.95. The number of halogens is 5. The summed E-state index contributed by atoms with van der Waals surface area (Å²) >= 11 is 0. The van der Waals surface area contributed by atoms with E-state index in [1.807, 2.05) is 0 Å². The average molecular weight is 352 g/mol. The van der Waals surface area contributed by atoms with Crippen LogP contribution in [0.25, 0.3) is 0 Å². The van der Waals surface area contributed by atoms with E-state index >= 15 is 0 Å². The molecule has 0 bridgehead atoms. The molecule has 2 rings (SSSR count). The molecule has 0 aromatic carbocycles. The minimum Gasteiger partial charge on any atom is -0.465 e. The lowest BCUT2D eigenvalue weighted by atomic mass is 10.1. The Labute approximate surface area is 135 Å². The fraction of sp³-hybridized carbons (Fsp3) is 0.600. The molecule has 1 aromatic heterocycles. The first kappa shape index (κ1) is 18.4. The minimum atomic E-state index is -4.71. The second-order valence-electron chi connectivity index (χ2n) is 5.71. The maximum absolute atomic E-state index is 13.5. The van der Waals surface area contributed by atoms with E-state index in [2.05, 4.69) is 9.72 Å². The van der Waals surface area contributed by atoms with Gasteiger partial charge in [0.1, 0.15) is 17.1 Å². The molecule has 1 aliphatic rings. The number of hydrogen-bond acceptors (Lipinski definition) is 4. The maximum Gasteiger partial charge on any atom is 0.433 e. The molecule has 1 aromatic rings. The Kier molecular flexibility index (Phi) is 5.00. The van der Waals surface area contributed by atoms with Gasteiger partial charge in [-0.3, -0.25) is 0 Å². The topological polar surface area (TPSA) is 42.4 Å². The van der Waals surface area contributed by atoms with Crippen LogP contribution >= 0.6 is 0 Å². The third-order valence-electron chi connectivity index (χ3n) is 3.88. The first-order chi connectivity index (χ1) is 11.0. The smallest absolute Gasteiger partial charge is 0.433 e. The molecule has 0 saturated carbocycles. The SMILES string of the molecule is COC(=O)c1cc(C)c(C(F)(F)F)nc1N1CCCC(F)(F)CC1. The average Bonchev–Trinajstić information content (AvgIpc) is 2.65. The highest BCUT2D eigenvalue weighted by Crippen LogP contribution is 2.35. The zero-order valence-corrected chi connectivity index (χ0v) is 13.2. The monoisotopic (exact) mass is 352 g/mol. The number of carbonyl (C=O) groups excluding carboxylic acids is 1. The number of methoxy groups -OCH3 is 1. The number of alkyl halides is 5. The van der Waals surface area contributed by atoms with E-state index in [-0.39, 0.29) is 42.9 Å². The lowest BCUT2D eigenvalue weighted by Gasteiger charge is -2.25. The Hall–Kier alpha value is -1.93. The van der Waals surface area contributed by atoms with Crippen molar-refractivity contribution in [1.82, 2.24) is 4.98 Å². The number of rotatable bonds is 2. The predicted molar refractivity (Wildman–Crippen MR) is 76.3 cm³/mol. The van der Waals surface area contributed by atoms with E-state index < -0.39 is 30.2 Å². The van der Waals surface area contributed by atoms with Crippen molar-refractivity contribution in [2.45, 2.75) is 38.3 Å². The van der Waals surface area contributed by atoms with Gasteiger partial charge in [-0.15, -0.1) is 0 Å². The summed E-state index contributed by atoms with van der Waals surface area (Å²) < 4.78 is 70.9. The molecule has 0 spiro atoms. The molecule has 0 unspecified atom stereocenters. The summed E-state index contributed by atoms with van der Waals surface area (Å²) in [6.45, 7) is 1.08. The van der Waals surface area contributed by atoms with E-state index in [1.165, 1.54) is 11.8 Å². The molecular weight excluding hydrogens is 335 g/mol. The molecule has 0 aliphatic carbocycles. The zero-order chi connectivity index (χ0) is 18.1. The number of esters is 1. The standard InChI is InChI=1S/C15H17F5N2O2/c1-9-8-10(13(23)24-2)12(21-11(9)15(18,19)20)22-6-3-4-14(16,17)5-7-22/h8H,3-7H2,1-2H3. The van der Waals surface area contributed by atoms with Gasteiger partial charge in [-0.05, 0) is 25.0 Å². The van der Waals surface area contributed by atoms with Crippen LogP contribution in [0.15, 0.2) is 6.07 Å². The zero-order valence-electron chi connectivity index (χ0n) is 13.2. The van der Waals surface area contributed by atoms with Crippen molar-refractivity contribution < 1.29 is 31.5 Å². The van der Waals surface area contributed by atoms with Crippen molar-refractivity contribution >= 4 is 11.8 Å². The second kappa shape index (κ2) is 6.52. The number of pyridine rings is 1. The largest absolute Gasteiger partial charge is 0.465 e. The summed E-state index contributed by atoms with van der Waals surface area (Å²) in [5, 5.41) is 0. The first-order valence-electron chi connectivity index (χ1n) is 7.35. The summed E-state index contributed by atoms with van der Waals surface area (Å²) in [6, 6.07) is 1.04. The maximum atomic E-state index is 13.5. The number of aromatic nitrogens is 1. The van der Waals surface area contributed by atoms with Crippen molar-refractivity contribution in [3.8, 4) is 0 Å². The summed E-state index contributed by atoms with van der Waals surface area (Å²) in [6.07, 6.45) is -5.48. The molecular formula is C15H17F5N2O2. The minimum absolute atomic E-state index is 0.0878. The number of ether oxygens (including phenoxy) is 1. The highest BCUT2D eigenvalue weighted by Gasteiger charge is 2.38. The van der Waals surface area contributed by atoms with Gasteiger partial charge in [0, 0.05) is 25.9 Å². The van der Waals surface area contributed by atoms with Crippen LogP contribution in [0.3, 0.4) is 0 Å². The number of carbonyl (C=O) groups is 1. The van der Waals surface area contributed by atoms with Gasteiger partial charge in [-0.25, -0.2) is 18.6 Å². The Balaban J connectivity index is 2.51. The van der Waals surface area contributed by atoms with Crippen LogP contribution in [-0.4, -0.2) is 37.1 Å². The Morgan fingerprint density at radius 3 is 2.54 bits per heavy atom. The van der Waals surface area contributed by atoms with E-state index in [0.29, 0.717) is 0 Å². The normalized spacial score (nSPS) is 18.2. The molecule has 0 radical (unpaired) electrons. The number of nitrogens with zero attached hydrogens (tertiary/aromatic N) is 2. The number of anilines is 1. The van der Waals surface area contributed by atoms with Crippen molar-refractivity contribution in [1.29, 1.82) is 0 Å². The molecule has 0 amide bonds. The third-order valence-corrected chi connectivity index (χ3v) is 3.88. The van der Waals surface area contributed by atoms with Crippen LogP contribution in [0.1, 0.15) is 40.9 Å². The second-order valence-corrected chi connectivity index (χ2v) is 5.71. The molecule has 4 nitrogen and oxygen atoms in total. The van der Waals surface area contributed by atoms with Gasteiger partial charge in [0.05, 0.1) is 7.11 Å². The molecule has 9 heteroatoms. The molecule has 1 fully saturated rings. The molecule has 24 heavy (non-hydrogen) atoms. The lowest BCUT2D eigenvalue weighted by molar-refractivity contribution is -0.141. The summed E-state index contributed by atoms with van der Waals surface area (Å²) in [7, 11) is 1.09. The number of aryl methyl sites for hydroxylation is 1. The van der Waals surface area contributed by atoms with Gasteiger partial charge >= 0.3 is 12.1 Å². The van der Waals surface area contributed by atoms with Crippen LogP contribution < -0.4 is 4.90 Å². The van der Waals surface area contributed by atoms with Gasteiger partial charge < -0.3 is 9.64 Å². The Morgan fingerprint density at radius 2 is 1.96 bits per heavy atom. The Bertz CT molecular complexity index is 631. The van der Waals surface area contributed by atoms with Crippen LogP contribution in [0.5, 0.6) is 0 Å². The van der Waals surface area contributed by atoms with E-state index in [0.717, 1.165) is 13.2 Å². The summed E-state index contributed by atoms with van der Waals surface area (Å²) in [5.74, 6) is -4.00. The molecule has 0 atom stereocenters. The Morgan fingerprint density at radius 1 is 1.29 bits per heavy atom. The lowest BCUT2D eigenvalue weighted by Crippen LogP contribution is -2.30. The van der Waals surface area contributed by atoms with E-state index in [1.54, 1.807) is 0 Å². The fourth-order valence-electron chi connectivity index (χ4n) is 2.67. The molecule has 0 N–H and O–H groups in total. The van der Waals surface area contributed by atoms with Crippen LogP contribution in [-0.2, 0) is 10.9 Å². The van der Waals surface area contributed by atoms with Gasteiger partial charge in [0.2, 0.25) is 5.92 Å². The van der Waals surface area contributed by atoms with E-state index in [9.17, 15) is 26.7 Å². The van der Waals surface area contributed by atoms with Gasteiger partial charge in [0.25, 0.3) is 0 Å². The van der Waals surface area contributed by atoms with Crippen LogP contribution in [0, 0.1) is 6.92 Å². The molecule has 2 heterocycles. The van der Waals surface area contributed by atoms with Gasteiger partial charge in [-0.2, -0.15) is 13.2 Å².